The Hall–Kier alpha value is -1.75. The van der Waals surface area contributed by atoms with E-state index < -0.39 is 0 Å². The summed E-state index contributed by atoms with van der Waals surface area (Å²) in [6.07, 6.45) is 2.00. The SMILES string of the molecule is COc1ccccc1N1CCN(C(=O)C2CCN(C)CC2)CC1. The third-order valence-corrected chi connectivity index (χ3v) is 5.09. The summed E-state index contributed by atoms with van der Waals surface area (Å²) in [6, 6.07) is 8.11. The van der Waals surface area contributed by atoms with Crippen LogP contribution in [0.4, 0.5) is 5.69 Å². The smallest absolute Gasteiger partial charge is 0.225 e. The summed E-state index contributed by atoms with van der Waals surface area (Å²) < 4.78 is 5.45. The largest absolute Gasteiger partial charge is 0.495 e. The lowest BCUT2D eigenvalue weighted by atomic mass is 9.95. The number of carbonyl (C=O) groups is 1. The van der Waals surface area contributed by atoms with Gasteiger partial charge in [0.25, 0.3) is 0 Å². The van der Waals surface area contributed by atoms with E-state index in [1.807, 2.05) is 18.2 Å². The lowest BCUT2D eigenvalue weighted by Gasteiger charge is -2.39. The number of rotatable bonds is 3. The molecule has 23 heavy (non-hydrogen) atoms. The number of para-hydroxylation sites is 2. The number of anilines is 1. The highest BCUT2D eigenvalue weighted by atomic mass is 16.5. The summed E-state index contributed by atoms with van der Waals surface area (Å²) in [5.74, 6) is 1.49. The fourth-order valence-corrected chi connectivity index (χ4v) is 3.57. The van der Waals surface area contributed by atoms with E-state index in [0.29, 0.717) is 5.91 Å². The third kappa shape index (κ3) is 3.61. The van der Waals surface area contributed by atoms with Gasteiger partial charge in [0.05, 0.1) is 12.8 Å². The van der Waals surface area contributed by atoms with Gasteiger partial charge < -0.3 is 19.4 Å². The van der Waals surface area contributed by atoms with Gasteiger partial charge in [0.1, 0.15) is 5.75 Å². The second-order valence-corrected chi connectivity index (χ2v) is 6.56. The first-order chi connectivity index (χ1) is 11.2. The van der Waals surface area contributed by atoms with Gasteiger partial charge in [-0.25, -0.2) is 0 Å². The van der Waals surface area contributed by atoms with Crippen LogP contribution in [0.15, 0.2) is 24.3 Å². The Morgan fingerprint density at radius 3 is 2.35 bits per heavy atom. The van der Waals surface area contributed by atoms with Gasteiger partial charge in [0.15, 0.2) is 0 Å². The molecule has 0 radical (unpaired) electrons. The average Bonchev–Trinajstić information content (AvgIpc) is 2.62. The predicted octanol–water partition coefficient (Wildman–Crippen LogP) is 1.69. The zero-order valence-corrected chi connectivity index (χ0v) is 14.2. The Morgan fingerprint density at radius 2 is 1.70 bits per heavy atom. The number of ether oxygens (including phenoxy) is 1. The van der Waals surface area contributed by atoms with Crippen molar-refractivity contribution in [3.05, 3.63) is 24.3 Å². The molecular weight excluding hydrogens is 290 g/mol. The van der Waals surface area contributed by atoms with Crippen LogP contribution in [0.1, 0.15) is 12.8 Å². The second kappa shape index (κ2) is 7.21. The first kappa shape index (κ1) is 16.1. The van der Waals surface area contributed by atoms with Crippen LogP contribution in [0.2, 0.25) is 0 Å². The van der Waals surface area contributed by atoms with Crippen molar-refractivity contribution < 1.29 is 9.53 Å². The molecule has 0 saturated carbocycles. The maximum Gasteiger partial charge on any atom is 0.225 e. The number of benzene rings is 1. The van der Waals surface area contributed by atoms with Crippen LogP contribution >= 0.6 is 0 Å². The number of amides is 1. The van der Waals surface area contributed by atoms with E-state index >= 15 is 0 Å². The molecule has 0 atom stereocenters. The Bertz CT molecular complexity index is 533. The van der Waals surface area contributed by atoms with Crippen molar-refractivity contribution in [1.82, 2.24) is 9.80 Å². The van der Waals surface area contributed by atoms with Crippen LogP contribution in [0.25, 0.3) is 0 Å². The summed E-state index contributed by atoms with van der Waals surface area (Å²) in [5.41, 5.74) is 1.13. The zero-order valence-electron chi connectivity index (χ0n) is 14.2. The fraction of sp³-hybridized carbons (Fsp3) is 0.611. The Kier molecular flexibility index (Phi) is 5.06. The highest BCUT2D eigenvalue weighted by Gasteiger charge is 2.30. The molecule has 2 heterocycles. The molecular formula is C18H27N3O2. The third-order valence-electron chi connectivity index (χ3n) is 5.09. The van der Waals surface area contributed by atoms with E-state index in [1.54, 1.807) is 7.11 Å². The minimum Gasteiger partial charge on any atom is -0.495 e. The lowest BCUT2D eigenvalue weighted by molar-refractivity contribution is -0.137. The molecule has 0 spiro atoms. The summed E-state index contributed by atoms with van der Waals surface area (Å²) in [6.45, 7) is 5.44. The van der Waals surface area contributed by atoms with Gasteiger partial charge in [-0.2, -0.15) is 0 Å². The van der Waals surface area contributed by atoms with Gasteiger partial charge in [-0.15, -0.1) is 0 Å². The van der Waals surface area contributed by atoms with Crippen molar-refractivity contribution in [2.45, 2.75) is 12.8 Å². The molecule has 0 aliphatic carbocycles. The molecule has 0 aromatic heterocycles. The number of piperidine rings is 1. The monoisotopic (exact) mass is 317 g/mol. The van der Waals surface area contributed by atoms with Gasteiger partial charge in [-0.3, -0.25) is 4.79 Å². The summed E-state index contributed by atoms with van der Waals surface area (Å²) in [4.78, 5) is 19.4. The van der Waals surface area contributed by atoms with Crippen molar-refractivity contribution in [2.75, 3.05) is 58.3 Å². The standard InChI is InChI=1S/C18H27N3O2/c1-19-9-7-15(8-10-19)18(22)21-13-11-20(12-14-21)16-5-3-4-6-17(16)23-2/h3-6,15H,7-14H2,1-2H3. The minimum absolute atomic E-state index is 0.226. The lowest BCUT2D eigenvalue weighted by Crippen LogP contribution is -2.51. The molecule has 2 aliphatic rings. The maximum absolute atomic E-state index is 12.7. The number of hydrogen-bond acceptors (Lipinski definition) is 4. The molecule has 0 unspecified atom stereocenters. The van der Waals surface area contributed by atoms with Crippen molar-refractivity contribution in [1.29, 1.82) is 0 Å². The van der Waals surface area contributed by atoms with Crippen LogP contribution in [-0.2, 0) is 4.79 Å². The molecule has 5 nitrogen and oxygen atoms in total. The molecule has 1 aromatic rings. The summed E-state index contributed by atoms with van der Waals surface area (Å²) in [7, 11) is 3.84. The van der Waals surface area contributed by atoms with Gasteiger partial charge >= 0.3 is 0 Å². The van der Waals surface area contributed by atoms with Crippen LogP contribution in [-0.4, -0.2) is 69.1 Å². The first-order valence-electron chi connectivity index (χ1n) is 8.54. The van der Waals surface area contributed by atoms with Crippen LogP contribution < -0.4 is 9.64 Å². The predicted molar refractivity (Wildman–Crippen MR) is 92.0 cm³/mol. The zero-order chi connectivity index (χ0) is 16.2. The van der Waals surface area contributed by atoms with Crippen LogP contribution in [0, 0.1) is 5.92 Å². The second-order valence-electron chi connectivity index (χ2n) is 6.56. The number of carbonyl (C=O) groups excluding carboxylic acids is 1. The van der Waals surface area contributed by atoms with E-state index in [9.17, 15) is 4.79 Å². The Morgan fingerprint density at radius 1 is 1.04 bits per heavy atom. The number of piperazine rings is 1. The molecule has 3 rings (SSSR count). The van der Waals surface area contributed by atoms with Crippen molar-refractivity contribution in [2.24, 2.45) is 5.92 Å². The molecule has 1 amide bonds. The number of hydrogen-bond donors (Lipinski definition) is 0. The first-order valence-corrected chi connectivity index (χ1v) is 8.54. The number of methoxy groups -OCH3 is 1. The molecule has 1 aromatic carbocycles. The van der Waals surface area contributed by atoms with E-state index in [-0.39, 0.29) is 5.92 Å². The normalized spacial score (nSPS) is 20.6. The molecule has 0 bridgehead atoms. The van der Waals surface area contributed by atoms with E-state index in [0.717, 1.165) is 63.5 Å². The molecule has 126 valence electrons. The van der Waals surface area contributed by atoms with Crippen molar-refractivity contribution in [3.63, 3.8) is 0 Å². The fourth-order valence-electron chi connectivity index (χ4n) is 3.57. The van der Waals surface area contributed by atoms with E-state index in [1.165, 1.54) is 0 Å². The minimum atomic E-state index is 0.226. The van der Waals surface area contributed by atoms with Gasteiger partial charge in [0, 0.05) is 32.1 Å². The van der Waals surface area contributed by atoms with Gasteiger partial charge in [-0.05, 0) is 45.1 Å². The molecule has 2 saturated heterocycles. The number of nitrogens with zero attached hydrogens (tertiary/aromatic N) is 3. The highest BCUT2D eigenvalue weighted by Crippen LogP contribution is 2.29. The molecule has 2 fully saturated rings. The Balaban J connectivity index is 1.57. The quantitative estimate of drug-likeness (QED) is 0.850. The Labute approximate surface area is 138 Å². The highest BCUT2D eigenvalue weighted by molar-refractivity contribution is 5.79. The molecule has 5 heteroatoms. The van der Waals surface area contributed by atoms with Crippen molar-refractivity contribution in [3.8, 4) is 5.75 Å². The number of likely N-dealkylation sites (tertiary alicyclic amines) is 1. The van der Waals surface area contributed by atoms with Crippen molar-refractivity contribution >= 4 is 11.6 Å². The molecule has 2 aliphatic heterocycles. The van der Waals surface area contributed by atoms with Gasteiger partial charge in [-0.1, -0.05) is 12.1 Å². The topological polar surface area (TPSA) is 36.0 Å². The van der Waals surface area contributed by atoms with E-state index in [2.05, 4.69) is 27.8 Å². The van der Waals surface area contributed by atoms with Crippen LogP contribution in [0.5, 0.6) is 5.75 Å². The van der Waals surface area contributed by atoms with E-state index in [4.69, 9.17) is 4.74 Å². The maximum atomic E-state index is 12.7. The summed E-state index contributed by atoms with van der Waals surface area (Å²) >= 11 is 0. The summed E-state index contributed by atoms with van der Waals surface area (Å²) in [5, 5.41) is 0. The molecule has 0 N–H and O–H groups in total. The average molecular weight is 317 g/mol. The van der Waals surface area contributed by atoms with Crippen LogP contribution in [0.3, 0.4) is 0 Å². The van der Waals surface area contributed by atoms with Gasteiger partial charge in [0.2, 0.25) is 5.91 Å².